The third-order valence-electron chi connectivity index (χ3n) is 3.65. The van der Waals surface area contributed by atoms with Gasteiger partial charge in [0, 0.05) is 0 Å². The van der Waals surface area contributed by atoms with E-state index in [9.17, 15) is 0 Å². The fourth-order valence-electron chi connectivity index (χ4n) is 3.04. The molecule has 1 aromatic rings. The van der Waals surface area contributed by atoms with Crippen LogP contribution in [-0.2, 0) is 0 Å². The van der Waals surface area contributed by atoms with E-state index in [1.165, 1.54) is 19.3 Å². The number of hydrogen-bond donors (Lipinski definition) is 1. The van der Waals surface area contributed by atoms with Gasteiger partial charge in [0.1, 0.15) is 5.76 Å². The summed E-state index contributed by atoms with van der Waals surface area (Å²) in [7, 11) is 0. The van der Waals surface area contributed by atoms with Crippen molar-refractivity contribution in [3.05, 3.63) is 22.6 Å². The molecule has 1 aliphatic carbocycles. The van der Waals surface area contributed by atoms with Crippen LogP contribution >= 0.6 is 15.9 Å². The van der Waals surface area contributed by atoms with Gasteiger partial charge in [-0.05, 0) is 65.1 Å². The largest absolute Gasteiger partial charge is 0.453 e. The van der Waals surface area contributed by atoms with Crippen LogP contribution < -0.4 is 5.73 Å². The van der Waals surface area contributed by atoms with E-state index in [0.717, 1.165) is 22.3 Å². The van der Waals surface area contributed by atoms with Gasteiger partial charge in [-0.15, -0.1) is 0 Å². The molecule has 0 amide bonds. The normalized spacial score (nSPS) is 32.6. The van der Waals surface area contributed by atoms with E-state index in [0.29, 0.717) is 5.92 Å². The zero-order chi connectivity index (χ0) is 11.7. The maximum Gasteiger partial charge on any atom is 0.169 e. The van der Waals surface area contributed by atoms with Gasteiger partial charge >= 0.3 is 0 Å². The zero-order valence-electron chi connectivity index (χ0n) is 9.95. The van der Waals surface area contributed by atoms with Gasteiger partial charge in [-0.3, -0.25) is 0 Å². The highest BCUT2D eigenvalue weighted by Crippen LogP contribution is 2.39. The van der Waals surface area contributed by atoms with Crippen LogP contribution in [0.1, 0.15) is 44.9 Å². The molecular weight excluding hydrogens is 266 g/mol. The second-order valence-electron chi connectivity index (χ2n) is 5.35. The van der Waals surface area contributed by atoms with Crippen molar-refractivity contribution in [2.45, 2.75) is 39.2 Å². The monoisotopic (exact) mass is 285 g/mol. The summed E-state index contributed by atoms with van der Waals surface area (Å²) in [5, 5.41) is 0. The second kappa shape index (κ2) is 4.92. The van der Waals surface area contributed by atoms with Crippen molar-refractivity contribution in [1.29, 1.82) is 0 Å². The first kappa shape index (κ1) is 12.2. The van der Waals surface area contributed by atoms with Gasteiger partial charge in [0.25, 0.3) is 0 Å². The summed E-state index contributed by atoms with van der Waals surface area (Å²) in [6.45, 7) is 4.65. The van der Waals surface area contributed by atoms with Gasteiger partial charge in [-0.1, -0.05) is 13.8 Å². The Morgan fingerprint density at radius 3 is 2.38 bits per heavy atom. The third kappa shape index (κ3) is 2.69. The van der Waals surface area contributed by atoms with E-state index in [-0.39, 0.29) is 6.04 Å². The minimum absolute atomic E-state index is 0.0523. The quantitative estimate of drug-likeness (QED) is 0.888. The summed E-state index contributed by atoms with van der Waals surface area (Å²) >= 11 is 3.33. The number of rotatable bonds is 2. The van der Waals surface area contributed by atoms with Crippen LogP contribution in [0.25, 0.3) is 0 Å². The van der Waals surface area contributed by atoms with Crippen LogP contribution in [0.2, 0.25) is 0 Å². The maximum absolute atomic E-state index is 6.29. The van der Waals surface area contributed by atoms with Gasteiger partial charge in [0.15, 0.2) is 4.67 Å². The Morgan fingerprint density at radius 1 is 1.25 bits per heavy atom. The molecule has 2 N–H and O–H groups in total. The van der Waals surface area contributed by atoms with E-state index < -0.39 is 0 Å². The van der Waals surface area contributed by atoms with E-state index in [4.69, 9.17) is 10.2 Å². The summed E-state index contributed by atoms with van der Waals surface area (Å²) < 4.78 is 6.33. The van der Waals surface area contributed by atoms with Crippen molar-refractivity contribution in [2.75, 3.05) is 0 Å². The summed E-state index contributed by atoms with van der Waals surface area (Å²) in [6.07, 6.45) is 3.79. The van der Waals surface area contributed by atoms with Crippen molar-refractivity contribution in [1.82, 2.24) is 0 Å². The molecule has 3 atom stereocenters. The summed E-state index contributed by atoms with van der Waals surface area (Å²) in [4.78, 5) is 0. The predicted octanol–water partition coefficient (Wildman–Crippen LogP) is 4.11. The Morgan fingerprint density at radius 2 is 1.88 bits per heavy atom. The van der Waals surface area contributed by atoms with Crippen LogP contribution in [0.4, 0.5) is 0 Å². The lowest BCUT2D eigenvalue weighted by Crippen LogP contribution is -2.29. The SMILES string of the molecule is CC1CC(C)CC(C(N)c2ccc(Br)o2)C1. The molecule has 0 spiro atoms. The predicted molar refractivity (Wildman–Crippen MR) is 69.0 cm³/mol. The highest BCUT2D eigenvalue weighted by atomic mass is 79.9. The van der Waals surface area contributed by atoms with E-state index in [1.807, 2.05) is 12.1 Å². The van der Waals surface area contributed by atoms with Gasteiger partial charge in [0.2, 0.25) is 0 Å². The standard InChI is InChI=1S/C13H20BrNO/c1-8-5-9(2)7-10(6-8)13(15)11-3-4-12(14)16-11/h3-4,8-10,13H,5-7,15H2,1-2H3. The molecule has 3 heteroatoms. The molecule has 0 saturated heterocycles. The summed E-state index contributed by atoms with van der Waals surface area (Å²) in [6, 6.07) is 3.96. The van der Waals surface area contributed by atoms with Crippen molar-refractivity contribution >= 4 is 15.9 Å². The van der Waals surface area contributed by atoms with Gasteiger partial charge in [-0.25, -0.2) is 0 Å². The van der Waals surface area contributed by atoms with Gasteiger partial charge in [-0.2, -0.15) is 0 Å². The maximum atomic E-state index is 6.29. The van der Waals surface area contributed by atoms with Gasteiger partial charge < -0.3 is 10.2 Å². The van der Waals surface area contributed by atoms with Crippen LogP contribution in [0, 0.1) is 17.8 Å². The molecule has 2 nitrogen and oxygen atoms in total. The first-order valence-corrected chi connectivity index (χ1v) is 6.86. The van der Waals surface area contributed by atoms with Crippen LogP contribution in [0.5, 0.6) is 0 Å². The molecule has 1 saturated carbocycles. The molecule has 1 aromatic heterocycles. The van der Waals surface area contributed by atoms with Crippen LogP contribution in [0.15, 0.2) is 21.2 Å². The first-order chi connectivity index (χ1) is 7.56. The lowest BCUT2D eigenvalue weighted by Gasteiger charge is -2.34. The Bertz CT molecular complexity index is 339. The van der Waals surface area contributed by atoms with Gasteiger partial charge in [0.05, 0.1) is 6.04 Å². The van der Waals surface area contributed by atoms with Crippen molar-refractivity contribution in [3.63, 3.8) is 0 Å². The molecule has 1 fully saturated rings. The van der Waals surface area contributed by atoms with Crippen molar-refractivity contribution in [3.8, 4) is 0 Å². The highest BCUT2D eigenvalue weighted by Gasteiger charge is 2.30. The Kier molecular flexibility index (Phi) is 3.75. The van der Waals surface area contributed by atoms with E-state index in [1.54, 1.807) is 0 Å². The van der Waals surface area contributed by atoms with E-state index >= 15 is 0 Å². The Hall–Kier alpha value is -0.280. The highest BCUT2D eigenvalue weighted by molar-refractivity contribution is 9.10. The first-order valence-electron chi connectivity index (χ1n) is 6.07. The minimum Gasteiger partial charge on any atom is -0.453 e. The fourth-order valence-corrected chi connectivity index (χ4v) is 3.36. The number of halogens is 1. The molecule has 0 bridgehead atoms. The summed E-state index contributed by atoms with van der Waals surface area (Å²) in [5.41, 5.74) is 6.29. The molecule has 90 valence electrons. The molecule has 2 rings (SSSR count). The smallest absolute Gasteiger partial charge is 0.169 e. The van der Waals surface area contributed by atoms with Crippen LogP contribution in [-0.4, -0.2) is 0 Å². The Balaban J connectivity index is 2.06. The molecule has 1 heterocycles. The number of nitrogens with two attached hydrogens (primary N) is 1. The summed E-state index contributed by atoms with van der Waals surface area (Å²) in [5.74, 6) is 3.06. The average molecular weight is 286 g/mol. The van der Waals surface area contributed by atoms with Crippen LogP contribution in [0.3, 0.4) is 0 Å². The van der Waals surface area contributed by atoms with Crippen molar-refractivity contribution in [2.24, 2.45) is 23.5 Å². The third-order valence-corrected chi connectivity index (χ3v) is 4.07. The topological polar surface area (TPSA) is 39.2 Å². The lowest BCUT2D eigenvalue weighted by molar-refractivity contribution is 0.182. The minimum atomic E-state index is 0.0523. The fraction of sp³-hybridized carbons (Fsp3) is 0.692. The number of hydrogen-bond acceptors (Lipinski definition) is 2. The molecular formula is C13H20BrNO. The number of furan rings is 1. The molecule has 16 heavy (non-hydrogen) atoms. The Labute approximate surface area is 106 Å². The zero-order valence-corrected chi connectivity index (χ0v) is 11.5. The molecule has 3 unspecified atom stereocenters. The average Bonchev–Trinajstić information content (AvgIpc) is 2.62. The van der Waals surface area contributed by atoms with Crippen molar-refractivity contribution < 1.29 is 4.42 Å². The van der Waals surface area contributed by atoms with E-state index in [2.05, 4.69) is 29.8 Å². The second-order valence-corrected chi connectivity index (χ2v) is 6.13. The molecule has 1 aliphatic rings. The molecule has 0 radical (unpaired) electrons. The molecule has 0 aliphatic heterocycles. The molecule has 0 aromatic carbocycles. The lowest BCUT2D eigenvalue weighted by atomic mass is 9.73.